The van der Waals surface area contributed by atoms with E-state index in [-0.39, 0.29) is 16.4 Å². The van der Waals surface area contributed by atoms with Crippen molar-refractivity contribution in [3.05, 3.63) is 18.4 Å². The monoisotopic (exact) mass is 267 g/mol. The van der Waals surface area contributed by atoms with Crippen LogP contribution in [0.15, 0.2) is 32.5 Å². The molecule has 2 heterocycles. The highest BCUT2D eigenvalue weighted by atomic mass is 32.2. The Morgan fingerprint density at radius 3 is 2.78 bits per heavy atom. The maximum atomic E-state index is 11.8. The molecular weight excluding hydrogens is 254 g/mol. The van der Waals surface area contributed by atoms with Gasteiger partial charge < -0.3 is 13.7 Å². The average Bonchev–Trinajstić information content (AvgIpc) is 3.00. The lowest BCUT2D eigenvalue weighted by molar-refractivity contribution is 0.228. The van der Waals surface area contributed by atoms with E-state index in [1.165, 1.54) is 6.26 Å². The number of amides is 1. The van der Waals surface area contributed by atoms with Crippen LogP contribution in [0.5, 0.6) is 0 Å². The van der Waals surface area contributed by atoms with E-state index in [2.05, 4.69) is 10.2 Å². The summed E-state index contributed by atoms with van der Waals surface area (Å²) in [5.74, 6) is 0.763. The highest BCUT2D eigenvalue weighted by Gasteiger charge is 2.17. The number of hydrogen-bond acceptors (Lipinski definition) is 6. The standard InChI is InChI=1S/C11H13N3O3S/c1-3-14(4-2)11(15)18-10-13-12-9(17-10)8-6-5-7-16-8/h5-7H,3-4H2,1-2H3. The Morgan fingerprint density at radius 1 is 1.39 bits per heavy atom. The predicted molar refractivity (Wildman–Crippen MR) is 66.2 cm³/mol. The van der Waals surface area contributed by atoms with Gasteiger partial charge in [0.05, 0.1) is 6.26 Å². The smallest absolute Gasteiger partial charge is 0.291 e. The van der Waals surface area contributed by atoms with E-state index in [4.69, 9.17) is 8.83 Å². The molecule has 7 heteroatoms. The van der Waals surface area contributed by atoms with Crippen molar-refractivity contribution < 1.29 is 13.6 Å². The molecule has 2 aromatic heterocycles. The zero-order chi connectivity index (χ0) is 13.0. The normalized spacial score (nSPS) is 10.6. The molecule has 0 atom stereocenters. The van der Waals surface area contributed by atoms with E-state index < -0.39 is 0 Å². The number of hydrogen-bond donors (Lipinski definition) is 0. The zero-order valence-electron chi connectivity index (χ0n) is 10.1. The van der Waals surface area contributed by atoms with Crippen molar-refractivity contribution in [1.82, 2.24) is 15.1 Å². The van der Waals surface area contributed by atoms with Crippen LogP contribution >= 0.6 is 11.8 Å². The van der Waals surface area contributed by atoms with Crippen molar-refractivity contribution >= 4 is 17.0 Å². The van der Waals surface area contributed by atoms with Gasteiger partial charge in [0.2, 0.25) is 0 Å². The number of thioether (sulfide) groups is 1. The van der Waals surface area contributed by atoms with E-state index in [0.29, 0.717) is 18.8 Å². The van der Waals surface area contributed by atoms with E-state index in [0.717, 1.165) is 11.8 Å². The van der Waals surface area contributed by atoms with E-state index in [9.17, 15) is 4.79 Å². The maximum absolute atomic E-state index is 11.8. The first kappa shape index (κ1) is 12.7. The van der Waals surface area contributed by atoms with Gasteiger partial charge in [-0.3, -0.25) is 4.79 Å². The number of nitrogens with zero attached hydrogens (tertiary/aromatic N) is 3. The Bertz CT molecular complexity index is 505. The Labute approximate surface area is 108 Å². The molecule has 1 amide bonds. The van der Waals surface area contributed by atoms with Crippen LogP contribution in [0, 0.1) is 0 Å². The Hall–Kier alpha value is -1.76. The number of furan rings is 1. The Morgan fingerprint density at radius 2 is 2.17 bits per heavy atom. The lowest BCUT2D eigenvalue weighted by Crippen LogP contribution is -2.26. The van der Waals surface area contributed by atoms with Crippen LogP contribution in [0.2, 0.25) is 0 Å². The van der Waals surface area contributed by atoms with Gasteiger partial charge >= 0.3 is 0 Å². The number of carbonyl (C=O) groups is 1. The largest absolute Gasteiger partial charge is 0.459 e. The molecule has 0 radical (unpaired) electrons. The summed E-state index contributed by atoms with van der Waals surface area (Å²) in [6, 6.07) is 3.45. The molecule has 96 valence electrons. The number of rotatable bonds is 4. The van der Waals surface area contributed by atoms with Gasteiger partial charge in [0.25, 0.3) is 16.4 Å². The quantitative estimate of drug-likeness (QED) is 0.793. The molecule has 0 unspecified atom stereocenters. The van der Waals surface area contributed by atoms with Crippen molar-refractivity contribution in [2.45, 2.75) is 19.1 Å². The van der Waals surface area contributed by atoms with Crippen LogP contribution in [-0.2, 0) is 0 Å². The summed E-state index contributed by atoms with van der Waals surface area (Å²) in [6.07, 6.45) is 1.52. The number of aromatic nitrogens is 2. The molecule has 0 fully saturated rings. The lowest BCUT2D eigenvalue weighted by atomic mass is 10.5. The summed E-state index contributed by atoms with van der Waals surface area (Å²) in [7, 11) is 0. The third kappa shape index (κ3) is 2.73. The fourth-order valence-electron chi connectivity index (χ4n) is 1.37. The molecule has 0 aliphatic carbocycles. The molecule has 0 aliphatic rings. The molecular formula is C11H13N3O3S. The molecule has 2 aromatic rings. The fourth-order valence-corrected chi connectivity index (χ4v) is 2.11. The van der Waals surface area contributed by atoms with Gasteiger partial charge in [-0.05, 0) is 26.0 Å². The van der Waals surface area contributed by atoms with E-state index in [1.807, 2.05) is 13.8 Å². The second-order valence-electron chi connectivity index (χ2n) is 3.39. The minimum absolute atomic E-state index is 0.102. The van der Waals surface area contributed by atoms with Crippen LogP contribution in [0.1, 0.15) is 13.8 Å². The van der Waals surface area contributed by atoms with Gasteiger partial charge in [-0.15, -0.1) is 10.2 Å². The van der Waals surface area contributed by atoms with Gasteiger partial charge in [-0.2, -0.15) is 0 Å². The van der Waals surface area contributed by atoms with E-state index in [1.54, 1.807) is 17.0 Å². The molecule has 0 bridgehead atoms. The lowest BCUT2D eigenvalue weighted by Gasteiger charge is -2.16. The highest BCUT2D eigenvalue weighted by molar-refractivity contribution is 8.13. The molecule has 0 saturated heterocycles. The predicted octanol–water partition coefficient (Wildman–Crippen LogP) is 2.88. The van der Waals surface area contributed by atoms with Crippen LogP contribution in [0.3, 0.4) is 0 Å². The van der Waals surface area contributed by atoms with Crippen molar-refractivity contribution in [1.29, 1.82) is 0 Å². The fraction of sp³-hybridized carbons (Fsp3) is 0.364. The Balaban J connectivity index is 2.05. The molecule has 0 aromatic carbocycles. The summed E-state index contributed by atoms with van der Waals surface area (Å²) in [5.41, 5.74) is 0. The highest BCUT2D eigenvalue weighted by Crippen LogP contribution is 2.24. The Kier molecular flexibility index (Phi) is 4.03. The minimum Gasteiger partial charge on any atom is -0.459 e. The summed E-state index contributed by atoms with van der Waals surface area (Å²) in [4.78, 5) is 13.5. The summed E-state index contributed by atoms with van der Waals surface area (Å²) in [6.45, 7) is 5.15. The summed E-state index contributed by atoms with van der Waals surface area (Å²) < 4.78 is 10.5. The topological polar surface area (TPSA) is 72.4 Å². The van der Waals surface area contributed by atoms with Gasteiger partial charge in [-0.25, -0.2) is 0 Å². The third-order valence-corrected chi connectivity index (χ3v) is 3.11. The maximum Gasteiger partial charge on any atom is 0.291 e. The van der Waals surface area contributed by atoms with Crippen LogP contribution in [-0.4, -0.2) is 33.4 Å². The zero-order valence-corrected chi connectivity index (χ0v) is 10.9. The average molecular weight is 267 g/mol. The first-order chi connectivity index (χ1) is 8.74. The molecule has 18 heavy (non-hydrogen) atoms. The van der Waals surface area contributed by atoms with Gasteiger partial charge in [0, 0.05) is 24.9 Å². The van der Waals surface area contributed by atoms with Gasteiger partial charge in [0.1, 0.15) is 0 Å². The van der Waals surface area contributed by atoms with Gasteiger partial charge in [-0.1, -0.05) is 0 Å². The van der Waals surface area contributed by atoms with Crippen LogP contribution in [0.4, 0.5) is 4.79 Å². The van der Waals surface area contributed by atoms with Crippen LogP contribution < -0.4 is 0 Å². The second kappa shape index (κ2) is 5.72. The van der Waals surface area contributed by atoms with Crippen molar-refractivity contribution in [2.24, 2.45) is 0 Å². The first-order valence-electron chi connectivity index (χ1n) is 5.58. The molecule has 0 N–H and O–H groups in total. The minimum atomic E-state index is -0.102. The summed E-state index contributed by atoms with van der Waals surface area (Å²) in [5, 5.41) is 7.74. The second-order valence-corrected chi connectivity index (χ2v) is 4.29. The summed E-state index contributed by atoms with van der Waals surface area (Å²) >= 11 is 0.924. The van der Waals surface area contributed by atoms with Crippen molar-refractivity contribution in [3.8, 4) is 11.7 Å². The van der Waals surface area contributed by atoms with Crippen molar-refractivity contribution in [3.63, 3.8) is 0 Å². The SMILES string of the molecule is CCN(CC)C(=O)Sc1nnc(-c2ccco2)o1. The number of carbonyl (C=O) groups excluding carboxylic acids is 1. The van der Waals surface area contributed by atoms with Crippen LogP contribution in [0.25, 0.3) is 11.7 Å². The first-order valence-corrected chi connectivity index (χ1v) is 6.40. The molecule has 0 spiro atoms. The van der Waals surface area contributed by atoms with Gasteiger partial charge in [0.15, 0.2) is 5.76 Å². The van der Waals surface area contributed by atoms with Crippen molar-refractivity contribution in [2.75, 3.05) is 13.1 Å². The molecule has 2 rings (SSSR count). The van der Waals surface area contributed by atoms with E-state index >= 15 is 0 Å². The molecule has 0 aliphatic heterocycles. The molecule has 0 saturated carbocycles. The third-order valence-electron chi connectivity index (χ3n) is 2.33. The molecule has 6 nitrogen and oxygen atoms in total.